The summed E-state index contributed by atoms with van der Waals surface area (Å²) in [5.74, 6) is -2.51. The van der Waals surface area contributed by atoms with Gasteiger partial charge in [-0.05, 0) is 47.2 Å². The number of aliphatic carboxylic acids is 1. The highest BCUT2D eigenvalue weighted by Gasteiger charge is 2.36. The zero-order valence-corrected chi connectivity index (χ0v) is 20.7. The molecule has 3 aromatic rings. The fraction of sp³-hybridized carbons (Fsp3) is 0.346. The number of halogens is 3. The second kappa shape index (κ2) is 9.18. The van der Waals surface area contributed by atoms with Gasteiger partial charge >= 0.3 is 12.1 Å². The Morgan fingerprint density at radius 2 is 1.74 bits per heavy atom. The van der Waals surface area contributed by atoms with E-state index in [-0.39, 0.29) is 28.4 Å². The van der Waals surface area contributed by atoms with Crippen LogP contribution in [-0.4, -0.2) is 23.5 Å². The predicted molar refractivity (Wildman–Crippen MR) is 130 cm³/mol. The lowest BCUT2D eigenvalue weighted by molar-refractivity contribution is -0.139. The molecular formula is C26H28F3NO4S. The lowest BCUT2D eigenvalue weighted by Crippen LogP contribution is -2.25. The summed E-state index contributed by atoms with van der Waals surface area (Å²) >= 11 is 0. The summed E-state index contributed by atoms with van der Waals surface area (Å²) in [7, 11) is -4.36. The molecule has 1 aromatic heterocycles. The molecule has 0 aliphatic rings. The van der Waals surface area contributed by atoms with Crippen molar-refractivity contribution < 1.29 is 31.5 Å². The number of alkyl halides is 3. The van der Waals surface area contributed by atoms with E-state index >= 15 is 0 Å². The van der Waals surface area contributed by atoms with Gasteiger partial charge in [0.1, 0.15) is 5.25 Å². The second-order valence-corrected chi connectivity index (χ2v) is 11.4. The van der Waals surface area contributed by atoms with E-state index < -0.39 is 38.9 Å². The maximum Gasteiger partial charge on any atom is 0.416 e. The molecule has 188 valence electrons. The Kier molecular flexibility index (Phi) is 6.96. The average Bonchev–Trinajstić information content (AvgIpc) is 3.12. The molecule has 2 aromatic carbocycles. The van der Waals surface area contributed by atoms with Gasteiger partial charge in [-0.2, -0.15) is 13.2 Å². The Hall–Kier alpha value is -3.07. The first-order valence-corrected chi connectivity index (χ1v) is 12.6. The summed E-state index contributed by atoms with van der Waals surface area (Å²) in [5, 5.41) is 8.49. The second-order valence-electron chi connectivity index (χ2n) is 9.48. The molecule has 0 fully saturated rings. The van der Waals surface area contributed by atoms with Crippen molar-refractivity contribution in [2.45, 2.75) is 56.9 Å². The van der Waals surface area contributed by atoms with Gasteiger partial charge in [0, 0.05) is 11.1 Å². The number of carboxylic acids is 1. The van der Waals surface area contributed by atoms with Gasteiger partial charge in [0.25, 0.3) is 0 Å². The molecule has 5 nitrogen and oxygen atoms in total. The molecule has 2 atom stereocenters. The Balaban J connectivity index is 2.33. The van der Waals surface area contributed by atoms with E-state index in [0.29, 0.717) is 5.56 Å². The van der Waals surface area contributed by atoms with Gasteiger partial charge in [-0.3, -0.25) is 4.79 Å². The molecule has 0 aliphatic heterocycles. The Morgan fingerprint density at radius 1 is 1.09 bits per heavy atom. The van der Waals surface area contributed by atoms with Crippen molar-refractivity contribution in [3.63, 3.8) is 0 Å². The van der Waals surface area contributed by atoms with Gasteiger partial charge in [-0.25, -0.2) is 12.4 Å². The van der Waals surface area contributed by atoms with Crippen LogP contribution in [0.4, 0.5) is 13.2 Å². The Morgan fingerprint density at radius 3 is 2.26 bits per heavy atom. The van der Waals surface area contributed by atoms with Crippen LogP contribution in [0, 0.1) is 0 Å². The van der Waals surface area contributed by atoms with Crippen LogP contribution in [0.15, 0.2) is 61.2 Å². The van der Waals surface area contributed by atoms with Crippen molar-refractivity contribution in [2.24, 2.45) is 0 Å². The maximum atomic E-state index is 14.0. The van der Waals surface area contributed by atoms with E-state index in [1.807, 2.05) is 26.8 Å². The van der Waals surface area contributed by atoms with Crippen molar-refractivity contribution in [3.05, 3.63) is 83.6 Å². The van der Waals surface area contributed by atoms with Crippen LogP contribution in [0.5, 0.6) is 0 Å². The number of carbonyl (C=O) groups is 1. The Bertz CT molecular complexity index is 1380. The zero-order valence-electron chi connectivity index (χ0n) is 19.9. The highest BCUT2D eigenvalue weighted by molar-refractivity contribution is 7.90. The zero-order chi connectivity index (χ0) is 26.3. The fourth-order valence-electron chi connectivity index (χ4n) is 4.15. The average molecular weight is 508 g/mol. The summed E-state index contributed by atoms with van der Waals surface area (Å²) in [6.07, 6.45) is -3.34. The molecule has 0 aliphatic carbocycles. The van der Waals surface area contributed by atoms with E-state index in [4.69, 9.17) is 0 Å². The highest BCUT2D eigenvalue weighted by atomic mass is 32.2. The highest BCUT2D eigenvalue weighted by Crippen LogP contribution is 2.38. The maximum absolute atomic E-state index is 14.0. The number of fused-ring (bicyclic) bond motifs is 1. The first kappa shape index (κ1) is 26.5. The molecular weight excluding hydrogens is 479 g/mol. The van der Waals surface area contributed by atoms with Crippen molar-refractivity contribution in [3.8, 4) is 0 Å². The Labute approximate surface area is 202 Å². The van der Waals surface area contributed by atoms with Crippen molar-refractivity contribution in [2.75, 3.05) is 0 Å². The van der Waals surface area contributed by atoms with Gasteiger partial charge in [-0.15, -0.1) is 6.58 Å². The number of aromatic nitrogens is 1. The van der Waals surface area contributed by atoms with Gasteiger partial charge in [0.15, 0.2) is 0 Å². The van der Waals surface area contributed by atoms with E-state index in [2.05, 4.69) is 6.58 Å². The smallest absolute Gasteiger partial charge is 0.416 e. The predicted octanol–water partition coefficient (Wildman–Crippen LogP) is 6.64. The molecule has 35 heavy (non-hydrogen) atoms. The van der Waals surface area contributed by atoms with Crippen molar-refractivity contribution in [1.29, 1.82) is 0 Å². The largest absolute Gasteiger partial charge is 0.481 e. The molecule has 0 radical (unpaired) electrons. The minimum absolute atomic E-state index is 0.00986. The summed E-state index contributed by atoms with van der Waals surface area (Å²) < 4.78 is 68.9. The monoisotopic (exact) mass is 507 g/mol. The molecule has 0 saturated heterocycles. The molecule has 0 saturated carbocycles. The van der Waals surface area contributed by atoms with Crippen LogP contribution in [0.3, 0.4) is 0 Å². The van der Waals surface area contributed by atoms with Crippen molar-refractivity contribution in [1.82, 2.24) is 3.97 Å². The molecule has 2 unspecified atom stereocenters. The first-order valence-electron chi connectivity index (χ1n) is 11.1. The SMILES string of the molecule is C=CC(c1cccc(C(C)(C)C)c1)S(=O)(=O)n1c(C(CC)C(=O)O)cc2cc(C(F)(F)F)ccc21. The van der Waals surface area contributed by atoms with Crippen LogP contribution in [0.2, 0.25) is 0 Å². The topological polar surface area (TPSA) is 76.4 Å². The minimum atomic E-state index is -4.64. The lowest BCUT2D eigenvalue weighted by Gasteiger charge is -2.23. The molecule has 1 heterocycles. The van der Waals surface area contributed by atoms with Gasteiger partial charge in [-0.1, -0.05) is 58.0 Å². The van der Waals surface area contributed by atoms with Gasteiger partial charge in [0.05, 0.1) is 17.0 Å². The number of benzene rings is 2. The van der Waals surface area contributed by atoms with E-state index in [1.165, 1.54) is 12.1 Å². The van der Waals surface area contributed by atoms with E-state index in [1.54, 1.807) is 25.1 Å². The van der Waals surface area contributed by atoms with Crippen molar-refractivity contribution >= 4 is 26.9 Å². The fourth-order valence-corrected chi connectivity index (χ4v) is 6.03. The number of carboxylic acid groups (broad SMARTS) is 1. The first-order chi connectivity index (χ1) is 16.1. The summed E-state index contributed by atoms with van der Waals surface area (Å²) in [4.78, 5) is 12.0. The molecule has 3 rings (SSSR count). The van der Waals surface area contributed by atoms with E-state index in [9.17, 15) is 31.5 Å². The standard InChI is InChI=1S/C26H28F3NO4S/c1-6-20(24(31)32)22-15-17-14-19(26(27,28)29)11-12-21(17)30(22)35(33,34)23(7-2)16-9-8-10-18(13-16)25(3,4)5/h7-15,20,23H,2,6H2,1,3-5H3,(H,31,32). The third kappa shape index (κ3) is 5.00. The van der Waals surface area contributed by atoms with E-state index in [0.717, 1.165) is 27.7 Å². The molecule has 0 spiro atoms. The van der Waals surface area contributed by atoms with Crippen LogP contribution < -0.4 is 0 Å². The molecule has 0 amide bonds. The third-order valence-electron chi connectivity index (χ3n) is 6.05. The quantitative estimate of drug-likeness (QED) is 0.364. The molecule has 9 heteroatoms. The number of hydrogen-bond acceptors (Lipinski definition) is 3. The van der Waals surface area contributed by atoms with Crippen LogP contribution in [0.1, 0.15) is 67.7 Å². The minimum Gasteiger partial charge on any atom is -0.481 e. The summed E-state index contributed by atoms with van der Waals surface area (Å²) in [6, 6.07) is 10.9. The summed E-state index contributed by atoms with van der Waals surface area (Å²) in [5.41, 5.74) is -0.0225. The molecule has 0 bridgehead atoms. The number of nitrogens with zero attached hydrogens (tertiary/aromatic N) is 1. The van der Waals surface area contributed by atoms with Crippen LogP contribution >= 0.6 is 0 Å². The van der Waals surface area contributed by atoms with Gasteiger partial charge in [0.2, 0.25) is 10.0 Å². The van der Waals surface area contributed by atoms with Crippen LogP contribution in [0.25, 0.3) is 10.9 Å². The lowest BCUT2D eigenvalue weighted by atomic mass is 9.86. The summed E-state index contributed by atoms with van der Waals surface area (Å²) in [6.45, 7) is 11.2. The number of hydrogen-bond donors (Lipinski definition) is 1. The van der Waals surface area contributed by atoms with Crippen LogP contribution in [-0.2, 0) is 26.4 Å². The normalized spacial score (nSPS) is 14.6. The third-order valence-corrected chi connectivity index (χ3v) is 8.07. The number of rotatable bonds is 7. The van der Waals surface area contributed by atoms with Gasteiger partial charge < -0.3 is 5.11 Å². The molecule has 1 N–H and O–H groups in total.